The summed E-state index contributed by atoms with van der Waals surface area (Å²) < 4.78 is 5.85. The van der Waals surface area contributed by atoms with E-state index >= 15 is 0 Å². The van der Waals surface area contributed by atoms with Gasteiger partial charge >= 0.3 is 0 Å². The molecule has 0 aromatic carbocycles. The second-order valence-electron chi connectivity index (χ2n) is 6.79. The molecule has 1 aliphatic carbocycles. The van der Waals surface area contributed by atoms with Gasteiger partial charge in [0.05, 0.1) is 16.8 Å². The molecule has 22 heavy (non-hydrogen) atoms. The Morgan fingerprint density at radius 2 is 2.36 bits per heavy atom. The minimum atomic E-state index is 0.171. The fourth-order valence-corrected chi connectivity index (χ4v) is 4.44. The lowest BCUT2D eigenvalue weighted by molar-refractivity contribution is -0.106. The van der Waals surface area contributed by atoms with Gasteiger partial charge in [0.1, 0.15) is 0 Å². The molecular weight excluding hydrogens is 296 g/mol. The number of hydrogen-bond acceptors (Lipinski definition) is 4. The van der Waals surface area contributed by atoms with Crippen LogP contribution < -0.4 is 10.6 Å². The molecular formula is C16H26N4OS. The van der Waals surface area contributed by atoms with Gasteiger partial charge in [-0.2, -0.15) is 0 Å². The third kappa shape index (κ3) is 2.86. The molecule has 1 aromatic rings. The van der Waals surface area contributed by atoms with Crippen LogP contribution in [0.1, 0.15) is 31.0 Å². The van der Waals surface area contributed by atoms with Gasteiger partial charge in [0.2, 0.25) is 0 Å². The molecule has 2 heterocycles. The van der Waals surface area contributed by atoms with Crippen LogP contribution in [0.5, 0.6) is 0 Å². The SMILES string of the molecule is CN=C(NCCc1csc(C)n1)NC1C2CCOC2C1(C)C. The van der Waals surface area contributed by atoms with Crippen molar-refractivity contribution in [3.8, 4) is 0 Å². The Kier molecular flexibility index (Phi) is 4.41. The fourth-order valence-electron chi connectivity index (χ4n) is 3.79. The van der Waals surface area contributed by atoms with Gasteiger partial charge < -0.3 is 15.4 Å². The average Bonchev–Trinajstić information content (AvgIpc) is 3.10. The van der Waals surface area contributed by atoms with Crippen LogP contribution in [0.25, 0.3) is 0 Å². The molecule has 1 saturated heterocycles. The van der Waals surface area contributed by atoms with E-state index in [1.807, 2.05) is 14.0 Å². The summed E-state index contributed by atoms with van der Waals surface area (Å²) in [4.78, 5) is 8.85. The van der Waals surface area contributed by atoms with Gasteiger partial charge in [-0.05, 0) is 13.3 Å². The number of aliphatic imine (C=N–C) groups is 1. The molecule has 5 nitrogen and oxygen atoms in total. The van der Waals surface area contributed by atoms with Crippen LogP contribution >= 0.6 is 11.3 Å². The topological polar surface area (TPSA) is 58.5 Å². The molecule has 2 N–H and O–H groups in total. The van der Waals surface area contributed by atoms with Crippen LogP contribution in [0.15, 0.2) is 10.4 Å². The molecule has 1 aromatic heterocycles. The predicted octanol–water partition coefficient (Wildman–Crippen LogP) is 1.97. The smallest absolute Gasteiger partial charge is 0.191 e. The average molecular weight is 322 g/mol. The van der Waals surface area contributed by atoms with Crippen molar-refractivity contribution >= 4 is 17.3 Å². The first kappa shape index (κ1) is 15.7. The zero-order valence-corrected chi connectivity index (χ0v) is 14.7. The summed E-state index contributed by atoms with van der Waals surface area (Å²) >= 11 is 1.70. The Balaban J connectivity index is 1.50. The Hall–Kier alpha value is -1.14. The van der Waals surface area contributed by atoms with Gasteiger partial charge in [-0.1, -0.05) is 13.8 Å². The van der Waals surface area contributed by atoms with Gasteiger partial charge in [0, 0.05) is 49.4 Å². The summed E-state index contributed by atoms with van der Waals surface area (Å²) in [5, 5.41) is 10.3. The van der Waals surface area contributed by atoms with E-state index in [0.717, 1.165) is 42.7 Å². The molecule has 2 fully saturated rings. The van der Waals surface area contributed by atoms with E-state index < -0.39 is 0 Å². The molecule has 0 bridgehead atoms. The number of rotatable bonds is 4. The van der Waals surface area contributed by atoms with Crippen LogP contribution in [0, 0.1) is 18.3 Å². The molecule has 1 aliphatic heterocycles. The first-order valence-electron chi connectivity index (χ1n) is 8.02. The maximum atomic E-state index is 5.85. The van der Waals surface area contributed by atoms with E-state index in [-0.39, 0.29) is 5.41 Å². The Morgan fingerprint density at radius 1 is 1.55 bits per heavy atom. The first-order chi connectivity index (χ1) is 10.5. The minimum Gasteiger partial charge on any atom is -0.377 e. The quantitative estimate of drug-likeness (QED) is 0.657. The summed E-state index contributed by atoms with van der Waals surface area (Å²) in [7, 11) is 1.83. The summed E-state index contributed by atoms with van der Waals surface area (Å²) in [6.07, 6.45) is 2.48. The van der Waals surface area contributed by atoms with Crippen molar-refractivity contribution < 1.29 is 4.74 Å². The standard InChI is InChI=1S/C16H26N4OS/c1-10-19-11(9-22-10)5-7-18-15(17-4)20-13-12-6-8-21-14(12)16(13,2)3/h9,12-14H,5-8H2,1-4H3,(H2,17,18,20). The molecule has 3 unspecified atom stereocenters. The number of ether oxygens (including phenoxy) is 1. The molecule has 0 spiro atoms. The van der Waals surface area contributed by atoms with E-state index in [1.54, 1.807) is 11.3 Å². The summed E-state index contributed by atoms with van der Waals surface area (Å²) in [6, 6.07) is 0.438. The zero-order chi connectivity index (χ0) is 15.7. The monoisotopic (exact) mass is 322 g/mol. The molecule has 122 valence electrons. The van der Waals surface area contributed by atoms with Crippen molar-refractivity contribution in [2.45, 2.75) is 45.8 Å². The van der Waals surface area contributed by atoms with Crippen molar-refractivity contribution in [2.75, 3.05) is 20.2 Å². The lowest BCUT2D eigenvalue weighted by Crippen LogP contribution is -2.68. The highest BCUT2D eigenvalue weighted by molar-refractivity contribution is 7.09. The van der Waals surface area contributed by atoms with Gasteiger partial charge in [-0.15, -0.1) is 11.3 Å². The molecule has 0 amide bonds. The highest BCUT2D eigenvalue weighted by Gasteiger charge is 2.59. The van der Waals surface area contributed by atoms with Crippen LogP contribution in [-0.2, 0) is 11.2 Å². The molecule has 3 atom stereocenters. The summed E-state index contributed by atoms with van der Waals surface area (Å²) in [6.45, 7) is 8.35. The van der Waals surface area contributed by atoms with Gasteiger partial charge in [0.15, 0.2) is 5.96 Å². The minimum absolute atomic E-state index is 0.171. The number of guanidine groups is 1. The largest absolute Gasteiger partial charge is 0.377 e. The van der Waals surface area contributed by atoms with Crippen molar-refractivity contribution in [1.82, 2.24) is 15.6 Å². The Labute approximate surface area is 136 Å². The van der Waals surface area contributed by atoms with Crippen LogP contribution in [-0.4, -0.2) is 43.3 Å². The van der Waals surface area contributed by atoms with E-state index in [0.29, 0.717) is 18.1 Å². The van der Waals surface area contributed by atoms with Crippen LogP contribution in [0.3, 0.4) is 0 Å². The molecule has 6 heteroatoms. The third-order valence-electron chi connectivity index (χ3n) is 4.96. The summed E-state index contributed by atoms with van der Waals surface area (Å²) in [5.74, 6) is 1.50. The lowest BCUT2D eigenvalue weighted by Gasteiger charge is -2.54. The number of hydrogen-bond donors (Lipinski definition) is 2. The second-order valence-corrected chi connectivity index (χ2v) is 7.86. The predicted molar refractivity (Wildman–Crippen MR) is 90.5 cm³/mol. The normalized spacial score (nSPS) is 29.8. The maximum Gasteiger partial charge on any atom is 0.191 e. The number of nitrogens with one attached hydrogen (secondary N) is 2. The first-order valence-corrected chi connectivity index (χ1v) is 8.90. The highest BCUT2D eigenvalue weighted by atomic mass is 32.1. The van der Waals surface area contributed by atoms with Crippen LogP contribution in [0.4, 0.5) is 0 Å². The van der Waals surface area contributed by atoms with Crippen molar-refractivity contribution in [2.24, 2.45) is 16.3 Å². The molecule has 0 radical (unpaired) electrons. The Bertz CT molecular complexity index is 554. The molecule has 1 saturated carbocycles. The van der Waals surface area contributed by atoms with Gasteiger partial charge in [-0.3, -0.25) is 4.99 Å². The number of aromatic nitrogens is 1. The van der Waals surface area contributed by atoms with Crippen molar-refractivity contribution in [3.63, 3.8) is 0 Å². The maximum absolute atomic E-state index is 5.85. The summed E-state index contributed by atoms with van der Waals surface area (Å²) in [5.41, 5.74) is 1.32. The van der Waals surface area contributed by atoms with E-state index in [4.69, 9.17) is 4.74 Å². The number of nitrogens with zero attached hydrogens (tertiary/aromatic N) is 2. The lowest BCUT2D eigenvalue weighted by atomic mass is 9.57. The van der Waals surface area contributed by atoms with Crippen LogP contribution in [0.2, 0.25) is 0 Å². The van der Waals surface area contributed by atoms with E-state index in [9.17, 15) is 0 Å². The number of aryl methyl sites for hydroxylation is 1. The molecule has 2 aliphatic rings. The molecule has 3 rings (SSSR count). The zero-order valence-electron chi connectivity index (χ0n) is 13.8. The van der Waals surface area contributed by atoms with E-state index in [2.05, 4.69) is 39.8 Å². The second kappa shape index (κ2) is 6.16. The van der Waals surface area contributed by atoms with E-state index in [1.165, 1.54) is 0 Å². The highest BCUT2D eigenvalue weighted by Crippen LogP contribution is 2.52. The third-order valence-corrected chi connectivity index (χ3v) is 5.78. The fraction of sp³-hybridized carbons (Fsp3) is 0.750. The number of thiazole rings is 1. The van der Waals surface area contributed by atoms with Crippen molar-refractivity contribution in [3.05, 3.63) is 16.1 Å². The van der Waals surface area contributed by atoms with Gasteiger partial charge in [-0.25, -0.2) is 4.98 Å². The number of fused-ring (bicyclic) bond motifs is 1. The van der Waals surface area contributed by atoms with Crippen molar-refractivity contribution in [1.29, 1.82) is 0 Å². The van der Waals surface area contributed by atoms with Gasteiger partial charge in [0.25, 0.3) is 0 Å². The Morgan fingerprint density at radius 3 is 3.05 bits per heavy atom.